The number of aryl methyl sites for hydroxylation is 2. The van der Waals surface area contributed by atoms with Crippen molar-refractivity contribution < 1.29 is 9.59 Å². The molecule has 0 saturated carbocycles. The highest BCUT2D eigenvalue weighted by atomic mass is 32.2. The lowest BCUT2D eigenvalue weighted by Crippen LogP contribution is -2.38. The summed E-state index contributed by atoms with van der Waals surface area (Å²) in [6.45, 7) is 4.03. The van der Waals surface area contributed by atoms with Gasteiger partial charge in [0.1, 0.15) is 5.82 Å². The number of nitrogens with two attached hydrogens (primary N) is 1. The number of anilines is 2. The fraction of sp³-hybridized carbons (Fsp3) is 0.250. The Labute approximate surface area is 229 Å². The molecule has 1 aliphatic carbocycles. The third-order valence-electron chi connectivity index (χ3n) is 6.75. The van der Waals surface area contributed by atoms with Crippen molar-refractivity contribution in [3.63, 3.8) is 0 Å². The quantitative estimate of drug-likeness (QED) is 0.408. The van der Waals surface area contributed by atoms with E-state index in [4.69, 9.17) is 5.73 Å². The summed E-state index contributed by atoms with van der Waals surface area (Å²) in [5.41, 5.74) is 12.2. The van der Waals surface area contributed by atoms with E-state index in [9.17, 15) is 14.9 Å². The lowest BCUT2D eigenvalue weighted by Gasteiger charge is -2.38. The number of ketones is 1. The van der Waals surface area contributed by atoms with Crippen LogP contribution in [0.4, 0.5) is 10.8 Å². The maximum Gasteiger partial charge on any atom is 0.234 e. The first-order chi connectivity index (χ1) is 18.4. The minimum Gasteiger partial charge on any atom is -0.384 e. The van der Waals surface area contributed by atoms with E-state index < -0.39 is 5.92 Å². The fourth-order valence-electron chi connectivity index (χ4n) is 4.78. The second-order valence-electron chi connectivity index (χ2n) is 9.21. The zero-order chi connectivity index (χ0) is 26.8. The monoisotopic (exact) mass is 542 g/mol. The maximum absolute atomic E-state index is 13.2. The molecule has 1 aromatic heterocycles. The minimum absolute atomic E-state index is 0.0208. The first-order valence-corrected chi connectivity index (χ1v) is 14.0. The lowest BCUT2D eigenvalue weighted by molar-refractivity contribution is -0.116. The van der Waals surface area contributed by atoms with Gasteiger partial charge in [0.25, 0.3) is 0 Å². The number of allylic oxidation sites excluding steroid dienone is 3. The number of hydrogen-bond acceptors (Lipinski definition) is 9. The zero-order valence-electron chi connectivity index (χ0n) is 21.0. The molecule has 10 heteroatoms. The smallest absolute Gasteiger partial charge is 0.234 e. The molecule has 5 rings (SSSR count). The van der Waals surface area contributed by atoms with Gasteiger partial charge in [0, 0.05) is 23.4 Å². The summed E-state index contributed by atoms with van der Waals surface area (Å²) in [6, 6.07) is 17.6. The van der Waals surface area contributed by atoms with Crippen LogP contribution in [0.2, 0.25) is 0 Å². The van der Waals surface area contributed by atoms with Crippen LogP contribution in [-0.2, 0) is 9.59 Å². The lowest BCUT2D eigenvalue weighted by atomic mass is 9.76. The number of aromatic nitrogens is 2. The molecular weight excluding hydrogens is 516 g/mol. The summed E-state index contributed by atoms with van der Waals surface area (Å²) in [5, 5.41) is 22.1. The van der Waals surface area contributed by atoms with Crippen molar-refractivity contribution in [1.29, 1.82) is 5.26 Å². The van der Waals surface area contributed by atoms with Crippen LogP contribution >= 0.6 is 23.1 Å². The average molecular weight is 543 g/mol. The predicted octanol–water partition coefficient (Wildman–Crippen LogP) is 5.19. The van der Waals surface area contributed by atoms with Gasteiger partial charge in [0.2, 0.25) is 11.0 Å². The van der Waals surface area contributed by atoms with E-state index in [2.05, 4.69) is 21.6 Å². The third kappa shape index (κ3) is 4.95. The van der Waals surface area contributed by atoms with Gasteiger partial charge >= 0.3 is 0 Å². The molecule has 3 N–H and O–H groups in total. The van der Waals surface area contributed by atoms with Crippen LogP contribution in [0.25, 0.3) is 0 Å². The largest absolute Gasteiger partial charge is 0.384 e. The standard InChI is InChI=1S/C28H26N6O2S2/c1-16-11-12-19(13-17(16)2)31-23(36)15-37-28-33-32-27(38-28)34-21-9-6-10-22(35)25(21)24(20(14-29)26(34)30)18-7-4-3-5-8-18/h3-5,7-8,11-13,24H,6,9-10,15,30H2,1-2H3,(H,31,36). The predicted molar refractivity (Wildman–Crippen MR) is 150 cm³/mol. The van der Waals surface area contributed by atoms with E-state index in [1.807, 2.05) is 62.4 Å². The van der Waals surface area contributed by atoms with Crippen LogP contribution in [0.15, 0.2) is 75.5 Å². The Balaban J connectivity index is 1.39. The van der Waals surface area contributed by atoms with E-state index >= 15 is 0 Å². The number of amides is 1. The van der Waals surface area contributed by atoms with Crippen molar-refractivity contribution in [2.75, 3.05) is 16.0 Å². The van der Waals surface area contributed by atoms with Crippen molar-refractivity contribution in [2.24, 2.45) is 5.73 Å². The summed E-state index contributed by atoms with van der Waals surface area (Å²) in [7, 11) is 0. The molecule has 1 aliphatic heterocycles. The first-order valence-electron chi connectivity index (χ1n) is 12.2. The van der Waals surface area contributed by atoms with Crippen LogP contribution in [-0.4, -0.2) is 27.6 Å². The Kier molecular flexibility index (Phi) is 7.31. The molecule has 1 unspecified atom stereocenters. The summed E-state index contributed by atoms with van der Waals surface area (Å²) in [6.07, 6.45) is 1.77. The molecule has 38 heavy (non-hydrogen) atoms. The van der Waals surface area contributed by atoms with Crippen molar-refractivity contribution in [3.8, 4) is 6.07 Å². The second-order valence-corrected chi connectivity index (χ2v) is 11.4. The number of benzene rings is 2. The van der Waals surface area contributed by atoms with Crippen LogP contribution < -0.4 is 16.0 Å². The van der Waals surface area contributed by atoms with E-state index in [0.29, 0.717) is 39.9 Å². The van der Waals surface area contributed by atoms with Gasteiger partial charge in [-0.2, -0.15) is 5.26 Å². The highest BCUT2D eigenvalue weighted by molar-refractivity contribution is 8.01. The molecule has 0 saturated heterocycles. The van der Waals surface area contributed by atoms with Crippen molar-refractivity contribution in [3.05, 3.63) is 87.9 Å². The van der Waals surface area contributed by atoms with Gasteiger partial charge in [-0.3, -0.25) is 14.5 Å². The fourth-order valence-corrected chi connectivity index (χ4v) is 6.46. The summed E-state index contributed by atoms with van der Waals surface area (Å²) in [4.78, 5) is 27.4. The third-order valence-corrected chi connectivity index (χ3v) is 8.79. The number of thioether (sulfide) groups is 1. The number of nitrogens with zero attached hydrogens (tertiary/aromatic N) is 4. The Bertz CT molecular complexity index is 1520. The van der Waals surface area contributed by atoms with Gasteiger partial charge in [0.05, 0.1) is 23.3 Å². The maximum atomic E-state index is 13.2. The van der Waals surface area contributed by atoms with Gasteiger partial charge in [0.15, 0.2) is 10.1 Å². The number of carbonyl (C=O) groups is 2. The first kappa shape index (κ1) is 25.7. The van der Waals surface area contributed by atoms with E-state index in [1.165, 1.54) is 23.1 Å². The summed E-state index contributed by atoms with van der Waals surface area (Å²) in [5.74, 6) is -0.204. The Morgan fingerprint density at radius 2 is 1.97 bits per heavy atom. The Morgan fingerprint density at radius 3 is 2.71 bits per heavy atom. The minimum atomic E-state index is -0.504. The van der Waals surface area contributed by atoms with Crippen molar-refractivity contribution in [2.45, 2.75) is 43.4 Å². The molecule has 2 heterocycles. The molecule has 2 aromatic carbocycles. The molecule has 0 fully saturated rings. The molecule has 3 aromatic rings. The Morgan fingerprint density at radius 1 is 1.18 bits per heavy atom. The number of rotatable bonds is 6. The average Bonchev–Trinajstić information content (AvgIpc) is 3.38. The van der Waals surface area contributed by atoms with Crippen molar-refractivity contribution >= 4 is 45.6 Å². The number of hydrogen-bond donors (Lipinski definition) is 2. The molecule has 1 amide bonds. The molecule has 192 valence electrons. The zero-order valence-corrected chi connectivity index (χ0v) is 22.7. The molecule has 0 spiro atoms. The van der Waals surface area contributed by atoms with Crippen LogP contribution in [0.1, 0.15) is 41.9 Å². The topological polar surface area (TPSA) is 125 Å². The second kappa shape index (κ2) is 10.8. The summed E-state index contributed by atoms with van der Waals surface area (Å²) < 4.78 is 0.594. The van der Waals surface area contributed by atoms with E-state index in [1.54, 1.807) is 4.90 Å². The van der Waals surface area contributed by atoms with Gasteiger partial charge in [-0.15, -0.1) is 10.2 Å². The highest BCUT2D eigenvalue weighted by Crippen LogP contribution is 2.47. The van der Waals surface area contributed by atoms with E-state index in [0.717, 1.165) is 28.1 Å². The number of Topliss-reactive ketones (excluding diaryl/α,β-unsaturated/α-hetero) is 1. The summed E-state index contributed by atoms with van der Waals surface area (Å²) >= 11 is 2.56. The SMILES string of the molecule is Cc1ccc(NC(=O)CSc2nnc(N3C(N)=C(C#N)C(c4ccccc4)C4=C3CCCC4=O)s2)cc1C. The Hall–Kier alpha value is -3.94. The number of nitriles is 1. The van der Waals surface area contributed by atoms with Crippen LogP contribution in [0.3, 0.4) is 0 Å². The van der Waals surface area contributed by atoms with Gasteiger partial charge in [-0.05, 0) is 55.5 Å². The van der Waals surface area contributed by atoms with Crippen LogP contribution in [0, 0.1) is 25.2 Å². The normalized spacial score (nSPS) is 17.3. The molecule has 0 radical (unpaired) electrons. The van der Waals surface area contributed by atoms with Gasteiger partial charge in [-0.1, -0.05) is 59.5 Å². The van der Waals surface area contributed by atoms with Gasteiger partial charge < -0.3 is 11.1 Å². The van der Waals surface area contributed by atoms with Crippen LogP contribution in [0.5, 0.6) is 0 Å². The number of nitrogens with one attached hydrogen (secondary N) is 1. The molecular formula is C28H26N6O2S2. The highest BCUT2D eigenvalue weighted by Gasteiger charge is 2.41. The molecule has 8 nitrogen and oxygen atoms in total. The molecule has 2 aliphatic rings. The van der Waals surface area contributed by atoms with E-state index in [-0.39, 0.29) is 23.3 Å². The number of carbonyl (C=O) groups excluding carboxylic acids is 2. The van der Waals surface area contributed by atoms with Crippen molar-refractivity contribution in [1.82, 2.24) is 10.2 Å². The molecule has 0 bridgehead atoms. The molecule has 1 atom stereocenters. The van der Waals surface area contributed by atoms with Gasteiger partial charge in [-0.25, -0.2) is 0 Å².